The Morgan fingerprint density at radius 1 is 0.486 bits per heavy atom. The van der Waals surface area contributed by atoms with E-state index in [9.17, 15) is 0 Å². The van der Waals surface area contributed by atoms with Gasteiger partial charge in [0.15, 0.2) is 17.5 Å². The molecule has 0 N–H and O–H groups in total. The molecule has 70 heavy (non-hydrogen) atoms. The van der Waals surface area contributed by atoms with Crippen LogP contribution in [0.2, 0.25) is 0 Å². The van der Waals surface area contributed by atoms with Crippen molar-refractivity contribution in [2.24, 2.45) is 0 Å². The van der Waals surface area contributed by atoms with E-state index in [0.717, 1.165) is 60.7 Å². The van der Waals surface area contributed by atoms with Crippen molar-refractivity contribution >= 4 is 59.0 Å². The molecule has 0 saturated carbocycles. The Bertz CT molecular complexity index is 4180. The predicted octanol–water partition coefficient (Wildman–Crippen LogP) is 17.3. The highest BCUT2D eigenvalue weighted by Gasteiger charge is 2.52. The van der Waals surface area contributed by atoms with Gasteiger partial charge in [-0.3, -0.25) is 0 Å². The Morgan fingerprint density at radius 2 is 1.06 bits per heavy atom. The Balaban J connectivity index is 0.976. The van der Waals surface area contributed by atoms with E-state index >= 15 is 0 Å². The van der Waals surface area contributed by atoms with Gasteiger partial charge in [0.1, 0.15) is 11.2 Å². The van der Waals surface area contributed by atoms with Crippen LogP contribution in [0.25, 0.3) is 115 Å². The molecule has 12 aromatic rings. The summed E-state index contributed by atoms with van der Waals surface area (Å²) >= 11 is 1.79. The normalized spacial score (nSPS) is 13.4. The van der Waals surface area contributed by atoms with E-state index in [1.165, 1.54) is 64.9 Å². The lowest BCUT2D eigenvalue weighted by Crippen LogP contribution is -2.25. The molecule has 0 amide bonds. The van der Waals surface area contributed by atoms with Crippen molar-refractivity contribution in [1.82, 2.24) is 15.0 Å². The summed E-state index contributed by atoms with van der Waals surface area (Å²) in [5, 5.41) is 4.30. The predicted molar refractivity (Wildman–Crippen MR) is 291 cm³/mol. The van der Waals surface area contributed by atoms with Gasteiger partial charge in [0.2, 0.25) is 0 Å². The van der Waals surface area contributed by atoms with Gasteiger partial charge in [0, 0.05) is 47.6 Å². The maximum Gasteiger partial charge on any atom is 0.164 e. The molecule has 3 aromatic heterocycles. The third-order valence-electron chi connectivity index (χ3n) is 14.5. The third kappa shape index (κ3) is 5.79. The molecule has 0 fully saturated rings. The van der Waals surface area contributed by atoms with Crippen LogP contribution in [0.1, 0.15) is 34.7 Å². The Morgan fingerprint density at radius 3 is 1.80 bits per heavy atom. The van der Waals surface area contributed by atoms with Gasteiger partial charge in [0.05, 0.1) is 5.41 Å². The number of allylic oxidation sites excluding steroid dienone is 5. The summed E-state index contributed by atoms with van der Waals surface area (Å²) in [5.74, 6) is 1.80. The largest absolute Gasteiger partial charge is 0.456 e. The number of rotatable bonds is 7. The number of benzene rings is 9. The number of furan rings is 1. The number of hydrogen-bond donors (Lipinski definition) is 0. The molecule has 9 aromatic carbocycles. The van der Waals surface area contributed by atoms with Crippen LogP contribution in [0.3, 0.4) is 0 Å². The maximum atomic E-state index is 6.72. The second kappa shape index (κ2) is 15.6. The second-order valence-electron chi connectivity index (χ2n) is 18.1. The molecule has 5 heteroatoms. The Kier molecular flexibility index (Phi) is 9.01. The molecular weight excluding hydrogens is 871 g/mol. The highest BCUT2D eigenvalue weighted by atomic mass is 32.1. The molecule has 0 radical (unpaired) electrons. The van der Waals surface area contributed by atoms with Gasteiger partial charge in [-0.1, -0.05) is 195 Å². The van der Waals surface area contributed by atoms with Crippen LogP contribution in [0, 0.1) is 0 Å². The molecule has 0 aliphatic heterocycles. The molecule has 4 nitrogen and oxygen atoms in total. The summed E-state index contributed by atoms with van der Waals surface area (Å²) in [4.78, 5) is 16.0. The van der Waals surface area contributed by atoms with E-state index in [0.29, 0.717) is 17.5 Å². The van der Waals surface area contributed by atoms with Crippen LogP contribution in [0.5, 0.6) is 0 Å². The number of hydrogen-bond acceptors (Lipinski definition) is 5. The first-order chi connectivity index (χ1) is 34.6. The fourth-order valence-corrected chi connectivity index (χ4v) is 12.7. The van der Waals surface area contributed by atoms with Gasteiger partial charge in [-0.15, -0.1) is 11.3 Å². The lowest BCUT2D eigenvalue weighted by molar-refractivity contribution is 0.669. The van der Waals surface area contributed by atoms with Crippen molar-refractivity contribution in [2.75, 3.05) is 0 Å². The van der Waals surface area contributed by atoms with Gasteiger partial charge >= 0.3 is 0 Å². The molecule has 0 saturated heterocycles. The molecular formula is C65H41N3OS. The van der Waals surface area contributed by atoms with Crippen LogP contribution in [0.15, 0.2) is 229 Å². The first-order valence-corrected chi connectivity index (χ1v) is 24.6. The summed E-state index contributed by atoms with van der Waals surface area (Å²) in [7, 11) is 0. The minimum atomic E-state index is -0.430. The lowest BCUT2D eigenvalue weighted by Gasteiger charge is -2.30. The van der Waals surface area contributed by atoms with Crippen LogP contribution < -0.4 is 0 Å². The first kappa shape index (κ1) is 40.3. The minimum absolute atomic E-state index is 0.430. The number of nitrogens with zero attached hydrogens (tertiary/aromatic N) is 3. The zero-order valence-electron chi connectivity index (χ0n) is 38.1. The molecule has 1 spiro atoms. The summed E-state index contributed by atoms with van der Waals surface area (Å²) in [5.41, 5.74) is 18.8. The number of fused-ring (bicyclic) bond motifs is 16. The quantitative estimate of drug-likeness (QED) is 0.150. The topological polar surface area (TPSA) is 51.8 Å². The van der Waals surface area contributed by atoms with Gasteiger partial charge in [-0.05, 0) is 104 Å². The second-order valence-corrected chi connectivity index (χ2v) is 19.2. The van der Waals surface area contributed by atoms with Crippen molar-refractivity contribution in [1.29, 1.82) is 0 Å². The Labute approximate surface area is 408 Å². The molecule has 2 aliphatic carbocycles. The van der Waals surface area contributed by atoms with Crippen molar-refractivity contribution in [2.45, 2.75) is 12.3 Å². The zero-order valence-corrected chi connectivity index (χ0v) is 39.0. The monoisotopic (exact) mass is 911 g/mol. The summed E-state index contributed by atoms with van der Waals surface area (Å²) < 4.78 is 9.14. The fourth-order valence-electron chi connectivity index (χ4n) is 11.6. The summed E-state index contributed by atoms with van der Waals surface area (Å²) in [6.07, 6.45) is 7.93. The molecule has 0 bridgehead atoms. The number of thiophene rings is 1. The van der Waals surface area contributed by atoms with E-state index in [4.69, 9.17) is 19.4 Å². The molecule has 0 unspecified atom stereocenters. The Hall–Kier alpha value is -8.77. The van der Waals surface area contributed by atoms with E-state index in [-0.39, 0.29) is 0 Å². The van der Waals surface area contributed by atoms with Crippen molar-refractivity contribution in [3.63, 3.8) is 0 Å². The van der Waals surface area contributed by atoms with Crippen molar-refractivity contribution in [3.05, 3.63) is 253 Å². The van der Waals surface area contributed by atoms with E-state index in [1.807, 2.05) is 25.1 Å². The van der Waals surface area contributed by atoms with Gasteiger partial charge in [-0.2, -0.15) is 0 Å². The maximum absolute atomic E-state index is 6.72. The standard InChI is InChI=1S/C65H41N3OS/c1-3-5-17-39(4-2)40-32-34-41(35-33-40)62-66-63(68-64(67-62)49-24-16-31-58-61(49)47-21-9-13-30-57(47)70-58)48-23-15-29-56-60(48)50-38-42(36-37-55(50)69-56)43-22-14-28-54-59(43)46-20-8-12-27-53(46)65(54)51-25-10-6-18-44(51)45-19-7-11-26-52(45)65/h3-38H,1H2,2H3/b17-5-,39-4+. The summed E-state index contributed by atoms with van der Waals surface area (Å²) in [6, 6.07) is 70.2. The highest BCUT2D eigenvalue weighted by Crippen LogP contribution is 2.64. The van der Waals surface area contributed by atoms with Gasteiger partial charge < -0.3 is 4.42 Å². The average Bonchev–Trinajstić information content (AvgIpc) is 4.16. The summed E-state index contributed by atoms with van der Waals surface area (Å²) in [6.45, 7) is 5.92. The highest BCUT2D eigenvalue weighted by molar-refractivity contribution is 7.25. The van der Waals surface area contributed by atoms with E-state index < -0.39 is 5.41 Å². The first-order valence-electron chi connectivity index (χ1n) is 23.7. The third-order valence-corrected chi connectivity index (χ3v) is 15.7. The molecule has 328 valence electrons. The minimum Gasteiger partial charge on any atom is -0.456 e. The lowest BCUT2D eigenvalue weighted by atomic mass is 9.70. The fraction of sp³-hybridized carbons (Fsp3) is 0.0308. The van der Waals surface area contributed by atoms with Crippen molar-refractivity contribution in [3.8, 4) is 67.5 Å². The SMILES string of the molecule is C=C/C=C\C(=C/C)c1ccc(-c2nc(-c3cccc4oc5ccc(-c6cccc7c6-c6ccccc6C76c7ccccc7-c7ccccc76)cc5c34)nc(-c3cccc4sc5ccccc5c34)n2)cc1. The van der Waals surface area contributed by atoms with Crippen LogP contribution >= 0.6 is 11.3 Å². The van der Waals surface area contributed by atoms with Gasteiger partial charge in [0.25, 0.3) is 0 Å². The van der Waals surface area contributed by atoms with Crippen LogP contribution in [0.4, 0.5) is 0 Å². The van der Waals surface area contributed by atoms with E-state index in [2.05, 4.69) is 201 Å². The molecule has 14 rings (SSSR count). The molecule has 3 heterocycles. The van der Waals surface area contributed by atoms with Crippen LogP contribution in [-0.2, 0) is 5.41 Å². The average molecular weight is 912 g/mol. The number of aromatic nitrogens is 3. The van der Waals surface area contributed by atoms with E-state index in [1.54, 1.807) is 17.4 Å². The van der Waals surface area contributed by atoms with Crippen LogP contribution in [-0.4, -0.2) is 15.0 Å². The zero-order chi connectivity index (χ0) is 46.5. The van der Waals surface area contributed by atoms with Crippen molar-refractivity contribution < 1.29 is 4.42 Å². The van der Waals surface area contributed by atoms with Gasteiger partial charge in [-0.25, -0.2) is 15.0 Å². The molecule has 2 aliphatic rings. The molecule has 0 atom stereocenters. The smallest absolute Gasteiger partial charge is 0.164 e.